The van der Waals surface area contributed by atoms with Crippen LogP contribution in [0.3, 0.4) is 0 Å². The van der Waals surface area contributed by atoms with E-state index in [9.17, 15) is 0 Å². The Morgan fingerprint density at radius 1 is 1.10 bits per heavy atom. The maximum Gasteiger partial charge on any atom is 0.212 e. The van der Waals surface area contributed by atoms with Gasteiger partial charge in [0, 0.05) is 18.8 Å². The summed E-state index contributed by atoms with van der Waals surface area (Å²) >= 11 is 0. The van der Waals surface area contributed by atoms with Crippen molar-refractivity contribution in [2.45, 2.75) is 6.54 Å². The van der Waals surface area contributed by atoms with Crippen LogP contribution in [0.2, 0.25) is 0 Å². The van der Waals surface area contributed by atoms with E-state index in [4.69, 9.17) is 15.3 Å². The lowest BCUT2D eigenvalue weighted by Crippen LogP contribution is -2.12. The predicted molar refractivity (Wildman–Crippen MR) is 74.5 cm³/mol. The van der Waals surface area contributed by atoms with E-state index in [-0.39, 0.29) is 0 Å². The van der Waals surface area contributed by atoms with Crippen LogP contribution < -0.4 is 26.1 Å². The molecule has 0 saturated carbocycles. The maximum absolute atomic E-state index is 5.36. The summed E-state index contributed by atoms with van der Waals surface area (Å²) in [6.07, 6.45) is 3.12. The molecule has 0 unspecified atom stereocenters. The molecule has 0 atom stereocenters. The summed E-state index contributed by atoms with van der Waals surface area (Å²) < 4.78 is 10.2. The summed E-state index contributed by atoms with van der Waals surface area (Å²) in [5.74, 6) is 7.35. The maximum atomic E-state index is 5.36. The Hall–Kier alpha value is -2.61. The highest BCUT2D eigenvalue weighted by molar-refractivity contribution is 5.63. The van der Waals surface area contributed by atoms with E-state index in [1.165, 1.54) is 13.4 Å². The molecule has 0 aliphatic carbocycles. The van der Waals surface area contributed by atoms with Gasteiger partial charge in [0.1, 0.15) is 6.33 Å². The lowest BCUT2D eigenvalue weighted by atomic mass is 10.3. The van der Waals surface area contributed by atoms with Gasteiger partial charge in [-0.2, -0.15) is 0 Å². The molecule has 0 aliphatic rings. The van der Waals surface area contributed by atoms with Crippen molar-refractivity contribution < 1.29 is 9.47 Å². The first-order valence-corrected chi connectivity index (χ1v) is 5.87. The van der Waals surface area contributed by atoms with E-state index < -0.39 is 0 Å². The molecule has 2 aromatic heterocycles. The van der Waals surface area contributed by atoms with Crippen molar-refractivity contribution in [3.8, 4) is 11.6 Å². The quantitative estimate of drug-likeness (QED) is 0.525. The highest BCUT2D eigenvalue weighted by Gasteiger charge is 2.10. The third-order valence-corrected chi connectivity index (χ3v) is 2.61. The molecule has 0 radical (unpaired) electrons. The number of nitrogens with zero attached hydrogens (tertiary/aromatic N) is 3. The summed E-state index contributed by atoms with van der Waals surface area (Å²) in [6, 6.07) is 3.70. The summed E-state index contributed by atoms with van der Waals surface area (Å²) in [7, 11) is 3.10. The Morgan fingerprint density at radius 3 is 2.50 bits per heavy atom. The van der Waals surface area contributed by atoms with Crippen molar-refractivity contribution in [3.05, 3.63) is 30.2 Å². The Kier molecular flexibility index (Phi) is 4.51. The number of ether oxygens (including phenoxy) is 2. The second-order valence-electron chi connectivity index (χ2n) is 3.81. The first kappa shape index (κ1) is 13.8. The molecule has 8 nitrogen and oxygen atoms in total. The zero-order valence-electron chi connectivity index (χ0n) is 11.3. The van der Waals surface area contributed by atoms with Crippen molar-refractivity contribution in [1.82, 2.24) is 15.0 Å². The second-order valence-corrected chi connectivity index (χ2v) is 3.81. The average molecular weight is 276 g/mol. The van der Waals surface area contributed by atoms with Crippen LogP contribution in [0.25, 0.3) is 0 Å². The second kappa shape index (κ2) is 6.53. The van der Waals surface area contributed by atoms with Crippen LogP contribution in [-0.2, 0) is 6.54 Å². The summed E-state index contributed by atoms with van der Waals surface area (Å²) in [4.78, 5) is 12.2. The van der Waals surface area contributed by atoms with Crippen LogP contribution in [0.5, 0.6) is 11.6 Å². The van der Waals surface area contributed by atoms with Crippen molar-refractivity contribution in [2.75, 3.05) is 25.0 Å². The Labute approximate surface area is 116 Å². The fraction of sp³-hybridized carbons (Fsp3) is 0.250. The Bertz CT molecular complexity index is 560. The number of hydrogen-bond donors (Lipinski definition) is 3. The number of aromatic nitrogens is 3. The van der Waals surface area contributed by atoms with E-state index in [0.717, 1.165) is 5.56 Å². The third-order valence-electron chi connectivity index (χ3n) is 2.61. The molecule has 8 heteroatoms. The zero-order chi connectivity index (χ0) is 14.4. The lowest BCUT2D eigenvalue weighted by Gasteiger charge is -2.12. The van der Waals surface area contributed by atoms with E-state index in [2.05, 4.69) is 25.7 Å². The predicted octanol–water partition coefficient (Wildman–Crippen LogP) is 0.786. The number of anilines is 2. The van der Waals surface area contributed by atoms with Crippen LogP contribution in [0.1, 0.15) is 5.56 Å². The van der Waals surface area contributed by atoms with Crippen molar-refractivity contribution in [1.29, 1.82) is 0 Å². The number of nitrogens with one attached hydrogen (secondary N) is 2. The number of hydrazine groups is 1. The number of methoxy groups -OCH3 is 2. The largest absolute Gasteiger partial charge is 0.490 e. The van der Waals surface area contributed by atoms with Crippen LogP contribution in [-0.4, -0.2) is 29.2 Å². The molecule has 2 heterocycles. The normalized spacial score (nSPS) is 9.95. The Morgan fingerprint density at radius 2 is 1.90 bits per heavy atom. The number of pyridine rings is 1. The van der Waals surface area contributed by atoms with Gasteiger partial charge in [0.15, 0.2) is 11.6 Å². The molecule has 0 saturated heterocycles. The molecule has 2 rings (SSSR count). The summed E-state index contributed by atoms with van der Waals surface area (Å²) in [5.41, 5.74) is 3.44. The Balaban J connectivity index is 2.10. The number of hydrogen-bond acceptors (Lipinski definition) is 8. The van der Waals surface area contributed by atoms with Crippen LogP contribution in [0.4, 0.5) is 11.6 Å². The summed E-state index contributed by atoms with van der Waals surface area (Å²) in [5, 5.41) is 3.14. The van der Waals surface area contributed by atoms with Gasteiger partial charge in [-0.25, -0.2) is 20.8 Å². The molecule has 20 heavy (non-hydrogen) atoms. The van der Waals surface area contributed by atoms with Crippen molar-refractivity contribution >= 4 is 11.6 Å². The molecule has 4 N–H and O–H groups in total. The van der Waals surface area contributed by atoms with E-state index in [1.807, 2.05) is 6.07 Å². The van der Waals surface area contributed by atoms with Crippen LogP contribution in [0, 0.1) is 0 Å². The fourth-order valence-electron chi connectivity index (χ4n) is 1.62. The average Bonchev–Trinajstić information content (AvgIpc) is 2.52. The van der Waals surface area contributed by atoms with E-state index in [1.54, 1.807) is 19.4 Å². The van der Waals surface area contributed by atoms with Gasteiger partial charge >= 0.3 is 0 Å². The van der Waals surface area contributed by atoms with Gasteiger partial charge in [-0.05, 0) is 5.56 Å². The molecular weight excluding hydrogens is 260 g/mol. The first-order valence-electron chi connectivity index (χ1n) is 5.87. The van der Waals surface area contributed by atoms with Crippen molar-refractivity contribution in [2.24, 2.45) is 5.84 Å². The highest BCUT2D eigenvalue weighted by Crippen LogP contribution is 2.28. The van der Waals surface area contributed by atoms with Gasteiger partial charge in [0.25, 0.3) is 0 Å². The molecule has 0 fully saturated rings. The van der Waals surface area contributed by atoms with E-state index >= 15 is 0 Å². The third kappa shape index (κ3) is 3.04. The first-order chi connectivity index (χ1) is 9.78. The SMILES string of the molecule is COc1ccc(CNc2ncnc(NN)c2OC)cn1. The topological polar surface area (TPSA) is 107 Å². The van der Waals surface area contributed by atoms with Gasteiger partial charge in [-0.1, -0.05) is 6.07 Å². The minimum atomic E-state index is 0.415. The zero-order valence-corrected chi connectivity index (χ0v) is 11.3. The number of nitrogens with two attached hydrogens (primary N) is 1. The van der Waals surface area contributed by atoms with Crippen LogP contribution >= 0.6 is 0 Å². The highest BCUT2D eigenvalue weighted by atomic mass is 16.5. The molecule has 0 spiro atoms. The lowest BCUT2D eigenvalue weighted by molar-refractivity contribution is 0.397. The van der Waals surface area contributed by atoms with Gasteiger partial charge in [0.2, 0.25) is 11.6 Å². The molecule has 0 bridgehead atoms. The molecule has 2 aromatic rings. The monoisotopic (exact) mass is 276 g/mol. The van der Waals surface area contributed by atoms with Crippen LogP contribution in [0.15, 0.2) is 24.7 Å². The molecule has 0 amide bonds. The summed E-state index contributed by atoms with van der Waals surface area (Å²) in [6.45, 7) is 0.536. The minimum absolute atomic E-state index is 0.415. The van der Waals surface area contributed by atoms with Gasteiger partial charge < -0.3 is 20.2 Å². The van der Waals surface area contributed by atoms with Crippen molar-refractivity contribution in [3.63, 3.8) is 0 Å². The van der Waals surface area contributed by atoms with Gasteiger partial charge in [0.05, 0.1) is 14.2 Å². The smallest absolute Gasteiger partial charge is 0.212 e. The fourth-order valence-corrected chi connectivity index (χ4v) is 1.62. The molecule has 0 aliphatic heterocycles. The molecular formula is C12H16N6O2. The standard InChI is InChI=1S/C12H16N6O2/c1-19-9-4-3-8(5-14-9)6-15-11-10(20-2)12(18-13)17-7-16-11/h3-5,7H,6,13H2,1-2H3,(H2,15,16,17,18). The van der Waals surface area contributed by atoms with Gasteiger partial charge in [-0.15, -0.1) is 0 Å². The molecule has 0 aromatic carbocycles. The number of nitrogen functional groups attached to an aromatic ring is 1. The molecule has 106 valence electrons. The minimum Gasteiger partial charge on any atom is -0.490 e. The van der Waals surface area contributed by atoms with E-state index in [0.29, 0.717) is 29.8 Å². The number of rotatable bonds is 6. The van der Waals surface area contributed by atoms with Gasteiger partial charge in [-0.3, -0.25) is 0 Å².